The van der Waals surface area contributed by atoms with E-state index in [4.69, 9.17) is 28.8 Å². The van der Waals surface area contributed by atoms with Crippen LogP contribution in [0.1, 0.15) is 62.6 Å². The third-order valence-electron chi connectivity index (χ3n) is 8.07. The predicted molar refractivity (Wildman–Crippen MR) is 172 cm³/mol. The average Bonchev–Trinajstić information content (AvgIpc) is 3.41. The summed E-state index contributed by atoms with van der Waals surface area (Å²) in [7, 11) is 0. The lowest BCUT2D eigenvalue weighted by Crippen LogP contribution is -2.37. The third kappa shape index (κ3) is 7.51. The molecule has 0 unspecified atom stereocenters. The molecule has 43 heavy (non-hydrogen) atoms. The summed E-state index contributed by atoms with van der Waals surface area (Å²) in [6.45, 7) is 2.90. The molecule has 2 aromatic heterocycles. The molecule has 0 bridgehead atoms. The van der Waals surface area contributed by atoms with Crippen LogP contribution in [0.5, 0.6) is 0 Å². The van der Waals surface area contributed by atoms with E-state index in [1.54, 1.807) is 24.4 Å². The minimum atomic E-state index is -0.513. The SMILES string of the molecule is C[C@H](N)CCCc1cc(Cl)c(F)c(-c2cc3cn(-c4ccc([C@@H]5CCC[C@@H](CCN=C(N)CN)N5)cc4)c(=O)nc3[nH]2)c1. The van der Waals surface area contributed by atoms with Crippen molar-refractivity contribution >= 4 is 28.5 Å². The summed E-state index contributed by atoms with van der Waals surface area (Å²) in [6, 6.07) is 13.9. The van der Waals surface area contributed by atoms with E-state index >= 15 is 4.39 Å². The molecule has 11 heteroatoms. The molecule has 3 atom stereocenters. The van der Waals surface area contributed by atoms with Gasteiger partial charge in [-0.3, -0.25) is 9.56 Å². The van der Waals surface area contributed by atoms with Crippen molar-refractivity contribution in [2.24, 2.45) is 22.2 Å². The number of nitrogens with zero attached hydrogens (tertiary/aromatic N) is 3. The lowest BCUT2D eigenvalue weighted by molar-refractivity contribution is 0.315. The van der Waals surface area contributed by atoms with Crippen molar-refractivity contribution in [3.63, 3.8) is 0 Å². The van der Waals surface area contributed by atoms with Crippen LogP contribution < -0.4 is 28.2 Å². The molecule has 4 aromatic rings. The van der Waals surface area contributed by atoms with Crippen LogP contribution >= 0.6 is 11.6 Å². The van der Waals surface area contributed by atoms with Crippen LogP contribution in [0.2, 0.25) is 5.02 Å². The maximum Gasteiger partial charge on any atom is 0.354 e. The molecule has 0 spiro atoms. The second-order valence-electron chi connectivity index (χ2n) is 11.5. The van der Waals surface area contributed by atoms with Crippen LogP contribution in [0.3, 0.4) is 0 Å². The molecule has 5 rings (SSSR count). The van der Waals surface area contributed by atoms with Crippen LogP contribution in [0.4, 0.5) is 4.39 Å². The van der Waals surface area contributed by atoms with Gasteiger partial charge in [-0.2, -0.15) is 4.98 Å². The zero-order valence-electron chi connectivity index (χ0n) is 24.5. The van der Waals surface area contributed by atoms with Crippen LogP contribution in [-0.2, 0) is 6.42 Å². The number of aromatic amines is 1. The molecule has 3 heterocycles. The van der Waals surface area contributed by atoms with Gasteiger partial charge in [0.2, 0.25) is 0 Å². The minimum Gasteiger partial charge on any atom is -0.386 e. The molecule has 0 amide bonds. The summed E-state index contributed by atoms with van der Waals surface area (Å²) in [5, 5.41) is 4.48. The summed E-state index contributed by atoms with van der Waals surface area (Å²) in [4.78, 5) is 24.7. The molecule has 1 saturated heterocycles. The highest BCUT2D eigenvalue weighted by Crippen LogP contribution is 2.32. The van der Waals surface area contributed by atoms with Crippen molar-refractivity contribution in [2.75, 3.05) is 13.1 Å². The second-order valence-corrected chi connectivity index (χ2v) is 11.9. The van der Waals surface area contributed by atoms with Crippen molar-refractivity contribution in [2.45, 2.75) is 70.0 Å². The normalized spacial score (nSPS) is 18.3. The van der Waals surface area contributed by atoms with Crippen molar-refractivity contribution in [1.82, 2.24) is 19.9 Å². The molecule has 1 aliphatic heterocycles. The number of rotatable bonds is 11. The molecular formula is C32H40ClFN8O. The summed E-state index contributed by atoms with van der Waals surface area (Å²) >= 11 is 6.25. The predicted octanol–water partition coefficient (Wildman–Crippen LogP) is 4.73. The molecule has 1 aliphatic rings. The van der Waals surface area contributed by atoms with Gasteiger partial charge in [-0.25, -0.2) is 9.18 Å². The van der Waals surface area contributed by atoms with E-state index in [1.165, 1.54) is 4.57 Å². The highest BCUT2D eigenvalue weighted by molar-refractivity contribution is 6.31. The van der Waals surface area contributed by atoms with Gasteiger partial charge in [0.1, 0.15) is 11.5 Å². The van der Waals surface area contributed by atoms with E-state index in [0.29, 0.717) is 46.4 Å². The Morgan fingerprint density at radius 2 is 2.02 bits per heavy atom. The number of aryl methyl sites for hydroxylation is 1. The summed E-state index contributed by atoms with van der Waals surface area (Å²) in [6.07, 6.45) is 8.38. The number of aliphatic imine (C=N–C) groups is 1. The number of benzene rings is 2. The fraction of sp³-hybridized carbons (Fsp3) is 0.406. The Labute approximate surface area is 255 Å². The number of nitrogens with two attached hydrogens (primary N) is 3. The summed E-state index contributed by atoms with van der Waals surface area (Å²) in [5.41, 5.74) is 20.7. The van der Waals surface area contributed by atoms with Crippen LogP contribution in [0.25, 0.3) is 28.0 Å². The number of aromatic nitrogens is 3. The van der Waals surface area contributed by atoms with Crippen molar-refractivity contribution in [1.29, 1.82) is 0 Å². The maximum absolute atomic E-state index is 15.1. The van der Waals surface area contributed by atoms with Gasteiger partial charge in [-0.15, -0.1) is 0 Å². The maximum atomic E-state index is 15.1. The van der Waals surface area contributed by atoms with Gasteiger partial charge in [0.05, 0.1) is 22.9 Å². The number of nitrogens with one attached hydrogen (secondary N) is 2. The third-order valence-corrected chi connectivity index (χ3v) is 8.34. The first-order valence-corrected chi connectivity index (χ1v) is 15.3. The van der Waals surface area contributed by atoms with E-state index in [9.17, 15) is 4.79 Å². The topological polar surface area (TPSA) is 153 Å². The van der Waals surface area contributed by atoms with Gasteiger partial charge in [0.25, 0.3) is 0 Å². The molecule has 1 fully saturated rings. The standard InChI is InChI=1S/C32H40ClFN8O/c1-19(36)4-2-5-20-14-25(30(34)26(33)15-20)28-16-22-18-42(32(43)41-31(22)40-28)24-10-8-21(9-11-24)27-7-3-6-23(39-27)12-13-38-29(37)17-35/h8-11,14-16,18-19,23,27,39H,2-7,12-13,17,35-36H2,1H3,(H2,37,38)(H,40,41,43)/t19-,23-,27-/m0/s1. The van der Waals surface area contributed by atoms with E-state index in [1.807, 2.05) is 31.2 Å². The van der Waals surface area contributed by atoms with Crippen LogP contribution in [0.15, 0.2) is 58.4 Å². The van der Waals surface area contributed by atoms with E-state index in [-0.39, 0.29) is 23.7 Å². The average molecular weight is 607 g/mol. The summed E-state index contributed by atoms with van der Waals surface area (Å²) < 4.78 is 16.6. The lowest BCUT2D eigenvalue weighted by atomic mass is 9.92. The van der Waals surface area contributed by atoms with Crippen LogP contribution in [0, 0.1) is 5.82 Å². The molecule has 8 N–H and O–H groups in total. The van der Waals surface area contributed by atoms with E-state index in [2.05, 4.69) is 20.3 Å². The van der Waals surface area contributed by atoms with Crippen molar-refractivity contribution in [3.05, 3.63) is 81.1 Å². The Balaban J connectivity index is 1.34. The number of hydrogen-bond donors (Lipinski definition) is 5. The number of fused-ring (bicyclic) bond motifs is 1. The highest BCUT2D eigenvalue weighted by atomic mass is 35.5. The highest BCUT2D eigenvalue weighted by Gasteiger charge is 2.22. The van der Waals surface area contributed by atoms with Gasteiger partial charge < -0.3 is 27.5 Å². The molecule has 0 aliphatic carbocycles. The van der Waals surface area contributed by atoms with Crippen molar-refractivity contribution < 1.29 is 4.39 Å². The fourth-order valence-corrected chi connectivity index (χ4v) is 5.99. The first-order chi connectivity index (χ1) is 20.7. The Hall–Kier alpha value is -3.57. The monoisotopic (exact) mass is 606 g/mol. The molecule has 0 radical (unpaired) electrons. The number of hydrogen-bond acceptors (Lipinski definition) is 6. The van der Waals surface area contributed by atoms with Gasteiger partial charge in [-0.05, 0) is 86.9 Å². The van der Waals surface area contributed by atoms with Gasteiger partial charge >= 0.3 is 5.69 Å². The quantitative estimate of drug-likeness (QED) is 0.123. The Kier molecular flexibility index (Phi) is 9.92. The van der Waals surface area contributed by atoms with E-state index in [0.717, 1.165) is 56.1 Å². The van der Waals surface area contributed by atoms with E-state index < -0.39 is 11.5 Å². The number of halogens is 2. The zero-order chi connectivity index (χ0) is 30.5. The van der Waals surface area contributed by atoms with Gasteiger partial charge in [0, 0.05) is 41.8 Å². The molecular weight excluding hydrogens is 567 g/mol. The number of amidine groups is 1. The second kappa shape index (κ2) is 13.8. The smallest absolute Gasteiger partial charge is 0.354 e. The van der Waals surface area contributed by atoms with Gasteiger partial charge in [0.15, 0.2) is 5.82 Å². The van der Waals surface area contributed by atoms with Gasteiger partial charge in [-0.1, -0.05) is 30.2 Å². The van der Waals surface area contributed by atoms with Crippen molar-refractivity contribution in [3.8, 4) is 16.9 Å². The molecule has 9 nitrogen and oxygen atoms in total. The molecule has 0 saturated carbocycles. The number of piperidine rings is 1. The Morgan fingerprint density at radius 1 is 1.23 bits per heavy atom. The zero-order valence-corrected chi connectivity index (χ0v) is 25.2. The first-order valence-electron chi connectivity index (χ1n) is 14.9. The lowest BCUT2D eigenvalue weighted by Gasteiger charge is -2.31. The largest absolute Gasteiger partial charge is 0.386 e. The summed E-state index contributed by atoms with van der Waals surface area (Å²) in [5.74, 6) is -0.0303. The Bertz CT molecular complexity index is 1650. The molecule has 228 valence electrons. The minimum absolute atomic E-state index is 0.0585. The van der Waals surface area contributed by atoms with Crippen LogP contribution in [-0.4, -0.2) is 45.5 Å². The molecule has 2 aromatic carbocycles. The number of H-pyrrole nitrogens is 1. The first kappa shape index (κ1) is 30.9. The fourth-order valence-electron chi connectivity index (χ4n) is 5.74. The Morgan fingerprint density at radius 3 is 2.77 bits per heavy atom.